The van der Waals surface area contributed by atoms with Gasteiger partial charge >= 0.3 is 0 Å². The molecule has 4 nitrogen and oxygen atoms in total. The van der Waals surface area contributed by atoms with Crippen molar-refractivity contribution in [2.24, 2.45) is 0 Å². The topological polar surface area (TPSA) is 39.1 Å². The van der Waals surface area contributed by atoms with Gasteiger partial charge in [0.2, 0.25) is 0 Å². The normalized spacial score (nSPS) is 11.3. The summed E-state index contributed by atoms with van der Waals surface area (Å²) in [6, 6.07) is 0.437. The second-order valence-corrected chi connectivity index (χ2v) is 4.10. The molecule has 5 heteroatoms. The van der Waals surface area contributed by atoms with E-state index in [2.05, 4.69) is 24.3 Å². The van der Waals surface area contributed by atoms with E-state index < -0.39 is 0 Å². The number of nitrogens with one attached hydrogen (secondary N) is 1. The minimum atomic E-state index is 0.437. The first-order chi connectivity index (χ1) is 7.15. The SMILES string of the molecule is COCCn1ncc(Cl)c1CNC(C)C. The Morgan fingerprint density at radius 3 is 2.93 bits per heavy atom. The molecule has 0 unspecified atom stereocenters. The highest BCUT2D eigenvalue weighted by molar-refractivity contribution is 6.31. The summed E-state index contributed by atoms with van der Waals surface area (Å²) >= 11 is 6.04. The Hall–Kier alpha value is -0.580. The predicted molar refractivity (Wildman–Crippen MR) is 61.1 cm³/mol. The first-order valence-corrected chi connectivity index (χ1v) is 5.45. The van der Waals surface area contributed by atoms with Crippen molar-refractivity contribution >= 4 is 11.6 Å². The van der Waals surface area contributed by atoms with Crippen LogP contribution in [0.5, 0.6) is 0 Å². The summed E-state index contributed by atoms with van der Waals surface area (Å²) in [5.74, 6) is 0. The molecule has 0 saturated heterocycles. The van der Waals surface area contributed by atoms with Gasteiger partial charge in [-0.3, -0.25) is 4.68 Å². The van der Waals surface area contributed by atoms with E-state index in [4.69, 9.17) is 16.3 Å². The Labute approximate surface area is 95.6 Å². The van der Waals surface area contributed by atoms with E-state index in [1.807, 2.05) is 4.68 Å². The molecular weight excluding hydrogens is 214 g/mol. The van der Waals surface area contributed by atoms with Crippen LogP contribution in [0.2, 0.25) is 5.02 Å². The smallest absolute Gasteiger partial charge is 0.0831 e. The average Bonchev–Trinajstić information content (AvgIpc) is 2.53. The van der Waals surface area contributed by atoms with Crippen molar-refractivity contribution in [2.45, 2.75) is 33.0 Å². The number of aromatic nitrogens is 2. The van der Waals surface area contributed by atoms with Crippen LogP contribution in [0.4, 0.5) is 0 Å². The Bertz CT molecular complexity index is 299. The lowest BCUT2D eigenvalue weighted by Crippen LogP contribution is -2.24. The first kappa shape index (κ1) is 12.5. The van der Waals surface area contributed by atoms with Gasteiger partial charge in [0.1, 0.15) is 0 Å². The van der Waals surface area contributed by atoms with Crippen LogP contribution in [0.15, 0.2) is 6.20 Å². The minimum absolute atomic E-state index is 0.437. The summed E-state index contributed by atoms with van der Waals surface area (Å²) in [6.07, 6.45) is 1.68. The molecular formula is C10H18ClN3O. The standard InChI is InChI=1S/C10H18ClN3O/c1-8(2)12-7-10-9(11)6-13-14(10)4-5-15-3/h6,8,12H,4-5,7H2,1-3H3. The lowest BCUT2D eigenvalue weighted by Gasteiger charge is -2.10. The summed E-state index contributed by atoms with van der Waals surface area (Å²) in [5, 5.41) is 8.22. The van der Waals surface area contributed by atoms with Crippen molar-refractivity contribution in [3.05, 3.63) is 16.9 Å². The molecule has 1 heterocycles. The average molecular weight is 232 g/mol. The molecule has 0 atom stereocenters. The molecule has 1 N–H and O–H groups in total. The monoisotopic (exact) mass is 231 g/mol. The van der Waals surface area contributed by atoms with E-state index in [0.29, 0.717) is 17.7 Å². The molecule has 0 aliphatic rings. The van der Waals surface area contributed by atoms with Gasteiger partial charge in [-0.2, -0.15) is 5.10 Å². The van der Waals surface area contributed by atoms with Crippen molar-refractivity contribution in [2.75, 3.05) is 13.7 Å². The Morgan fingerprint density at radius 1 is 1.60 bits per heavy atom. The zero-order valence-electron chi connectivity index (χ0n) is 9.46. The van der Waals surface area contributed by atoms with Gasteiger partial charge in [0.05, 0.1) is 30.1 Å². The van der Waals surface area contributed by atoms with Crippen LogP contribution in [-0.4, -0.2) is 29.5 Å². The number of hydrogen-bond donors (Lipinski definition) is 1. The molecule has 0 aliphatic carbocycles. The van der Waals surface area contributed by atoms with Crippen molar-refractivity contribution < 1.29 is 4.74 Å². The number of nitrogens with zero attached hydrogens (tertiary/aromatic N) is 2. The lowest BCUT2D eigenvalue weighted by molar-refractivity contribution is 0.182. The fourth-order valence-corrected chi connectivity index (χ4v) is 1.44. The van der Waals surface area contributed by atoms with E-state index in [1.54, 1.807) is 13.3 Å². The summed E-state index contributed by atoms with van der Waals surface area (Å²) in [6.45, 7) is 6.32. The Balaban J connectivity index is 2.62. The maximum Gasteiger partial charge on any atom is 0.0831 e. The molecule has 1 aromatic rings. The fourth-order valence-electron chi connectivity index (χ4n) is 1.23. The molecule has 0 aliphatic heterocycles. The van der Waals surface area contributed by atoms with E-state index in [1.165, 1.54) is 0 Å². The van der Waals surface area contributed by atoms with Gasteiger partial charge in [-0.25, -0.2) is 0 Å². The van der Waals surface area contributed by atoms with Crippen LogP contribution in [0.1, 0.15) is 19.5 Å². The zero-order valence-corrected chi connectivity index (χ0v) is 10.2. The molecule has 1 rings (SSSR count). The third kappa shape index (κ3) is 3.81. The van der Waals surface area contributed by atoms with Crippen LogP contribution in [0.25, 0.3) is 0 Å². The van der Waals surface area contributed by atoms with Gasteiger partial charge in [-0.15, -0.1) is 0 Å². The van der Waals surface area contributed by atoms with E-state index in [-0.39, 0.29) is 0 Å². The minimum Gasteiger partial charge on any atom is -0.383 e. The van der Waals surface area contributed by atoms with Gasteiger partial charge in [0, 0.05) is 19.7 Å². The highest BCUT2D eigenvalue weighted by atomic mass is 35.5. The number of hydrogen-bond acceptors (Lipinski definition) is 3. The maximum absolute atomic E-state index is 6.04. The molecule has 0 bridgehead atoms. The number of rotatable bonds is 6. The number of ether oxygens (including phenoxy) is 1. The molecule has 0 aromatic carbocycles. The fraction of sp³-hybridized carbons (Fsp3) is 0.700. The lowest BCUT2D eigenvalue weighted by atomic mass is 10.3. The summed E-state index contributed by atoms with van der Waals surface area (Å²) in [5.41, 5.74) is 1.02. The summed E-state index contributed by atoms with van der Waals surface area (Å²) in [4.78, 5) is 0. The molecule has 0 fully saturated rings. The Morgan fingerprint density at radius 2 is 2.33 bits per heavy atom. The number of methoxy groups -OCH3 is 1. The second kappa shape index (κ2) is 6.10. The molecule has 0 spiro atoms. The van der Waals surface area contributed by atoms with E-state index >= 15 is 0 Å². The van der Waals surface area contributed by atoms with Crippen LogP contribution in [0.3, 0.4) is 0 Å². The largest absolute Gasteiger partial charge is 0.383 e. The first-order valence-electron chi connectivity index (χ1n) is 5.07. The van der Waals surface area contributed by atoms with Gasteiger partial charge < -0.3 is 10.1 Å². The summed E-state index contributed by atoms with van der Waals surface area (Å²) in [7, 11) is 1.68. The molecule has 0 amide bonds. The van der Waals surface area contributed by atoms with Crippen LogP contribution in [-0.2, 0) is 17.8 Å². The molecule has 0 radical (unpaired) electrons. The van der Waals surface area contributed by atoms with Crippen molar-refractivity contribution in [1.82, 2.24) is 15.1 Å². The number of halogens is 1. The van der Waals surface area contributed by atoms with Crippen molar-refractivity contribution in [3.63, 3.8) is 0 Å². The van der Waals surface area contributed by atoms with Gasteiger partial charge in [-0.1, -0.05) is 25.4 Å². The van der Waals surface area contributed by atoms with Crippen molar-refractivity contribution in [1.29, 1.82) is 0 Å². The zero-order chi connectivity index (χ0) is 11.3. The van der Waals surface area contributed by atoms with Crippen LogP contribution < -0.4 is 5.32 Å². The van der Waals surface area contributed by atoms with Gasteiger partial charge in [0.25, 0.3) is 0 Å². The molecule has 0 saturated carbocycles. The van der Waals surface area contributed by atoms with Crippen LogP contribution in [0, 0.1) is 0 Å². The highest BCUT2D eigenvalue weighted by Crippen LogP contribution is 2.14. The van der Waals surface area contributed by atoms with Crippen LogP contribution >= 0.6 is 11.6 Å². The summed E-state index contributed by atoms with van der Waals surface area (Å²) < 4.78 is 6.89. The van der Waals surface area contributed by atoms with Gasteiger partial charge in [-0.05, 0) is 0 Å². The highest BCUT2D eigenvalue weighted by Gasteiger charge is 2.08. The van der Waals surface area contributed by atoms with E-state index in [0.717, 1.165) is 18.8 Å². The third-order valence-corrected chi connectivity index (χ3v) is 2.40. The predicted octanol–water partition coefficient (Wildman–Crippen LogP) is 1.68. The maximum atomic E-state index is 6.04. The molecule has 15 heavy (non-hydrogen) atoms. The quantitative estimate of drug-likeness (QED) is 0.810. The van der Waals surface area contributed by atoms with E-state index in [9.17, 15) is 0 Å². The molecule has 86 valence electrons. The molecule has 1 aromatic heterocycles. The van der Waals surface area contributed by atoms with Crippen molar-refractivity contribution in [3.8, 4) is 0 Å². The van der Waals surface area contributed by atoms with Gasteiger partial charge in [0.15, 0.2) is 0 Å². The Kier molecular flexibility index (Phi) is 5.08. The second-order valence-electron chi connectivity index (χ2n) is 3.69. The third-order valence-electron chi connectivity index (χ3n) is 2.08.